The van der Waals surface area contributed by atoms with Gasteiger partial charge in [0.05, 0.1) is 32.3 Å². The molecule has 1 aliphatic heterocycles. The summed E-state index contributed by atoms with van der Waals surface area (Å²) in [6.45, 7) is 7.54. The lowest BCUT2D eigenvalue weighted by Gasteiger charge is -2.33. The van der Waals surface area contributed by atoms with Gasteiger partial charge in [0.25, 0.3) is 0 Å². The summed E-state index contributed by atoms with van der Waals surface area (Å²) < 4.78 is 5.46. The molecule has 2 heterocycles. The Morgan fingerprint density at radius 2 is 2.26 bits per heavy atom. The van der Waals surface area contributed by atoms with Crippen molar-refractivity contribution in [2.45, 2.75) is 13.0 Å². The summed E-state index contributed by atoms with van der Waals surface area (Å²) in [6, 6.07) is 4.58. The van der Waals surface area contributed by atoms with E-state index in [1.807, 2.05) is 6.92 Å². The topological polar surface area (TPSA) is 48.9 Å². The molecule has 2 N–H and O–H groups in total. The number of ether oxygens (including phenoxy) is 1. The number of rotatable bonds is 6. The van der Waals surface area contributed by atoms with Crippen molar-refractivity contribution in [3.8, 4) is 12.3 Å². The van der Waals surface area contributed by atoms with Crippen LogP contribution in [0.5, 0.6) is 0 Å². The molecule has 1 aromatic heterocycles. The first-order valence-corrected chi connectivity index (χ1v) is 8.54. The van der Waals surface area contributed by atoms with Crippen LogP contribution in [-0.2, 0) is 4.74 Å². The van der Waals surface area contributed by atoms with E-state index < -0.39 is 0 Å². The van der Waals surface area contributed by atoms with Gasteiger partial charge in [0.1, 0.15) is 0 Å². The second kappa shape index (κ2) is 11.7. The predicted octanol–water partition coefficient (Wildman–Crippen LogP) is 1.93. The Hall–Kier alpha value is -0.820. The molecular weight excluding hydrogens is 423 g/mol. The number of nitrogens with one attached hydrogen (secondary N) is 2. The molecule has 5 nitrogen and oxygen atoms in total. The quantitative estimate of drug-likeness (QED) is 0.302. The van der Waals surface area contributed by atoms with Gasteiger partial charge in [-0.2, -0.15) is 0 Å². The number of morpholine rings is 1. The van der Waals surface area contributed by atoms with Crippen LogP contribution in [-0.4, -0.2) is 56.8 Å². The Kier molecular flexibility index (Phi) is 10.3. The summed E-state index contributed by atoms with van der Waals surface area (Å²) in [4.78, 5) is 8.50. The molecule has 2 rings (SSSR count). The van der Waals surface area contributed by atoms with Crippen LogP contribution in [0, 0.1) is 12.3 Å². The van der Waals surface area contributed by atoms with Crippen LogP contribution in [0.25, 0.3) is 0 Å². The minimum Gasteiger partial charge on any atom is -0.379 e. The molecule has 0 spiro atoms. The van der Waals surface area contributed by atoms with Crippen molar-refractivity contribution in [3.63, 3.8) is 0 Å². The maximum Gasteiger partial charge on any atom is 0.192 e. The van der Waals surface area contributed by atoms with Crippen LogP contribution in [0.2, 0.25) is 0 Å². The van der Waals surface area contributed by atoms with Gasteiger partial charge in [0.2, 0.25) is 0 Å². The van der Waals surface area contributed by atoms with E-state index in [1.165, 1.54) is 4.88 Å². The van der Waals surface area contributed by atoms with Gasteiger partial charge in [-0.05, 0) is 18.4 Å². The van der Waals surface area contributed by atoms with Crippen LogP contribution in [0.3, 0.4) is 0 Å². The van der Waals surface area contributed by atoms with Crippen LogP contribution >= 0.6 is 35.3 Å². The van der Waals surface area contributed by atoms with Gasteiger partial charge in [0, 0.05) is 24.5 Å². The molecule has 1 aliphatic rings. The lowest BCUT2D eigenvalue weighted by molar-refractivity contribution is 0.0186. The maximum atomic E-state index is 5.46. The number of hydrogen-bond donors (Lipinski definition) is 2. The van der Waals surface area contributed by atoms with E-state index in [2.05, 4.69) is 39.0 Å². The molecule has 1 saturated heterocycles. The van der Waals surface area contributed by atoms with Crippen LogP contribution < -0.4 is 10.6 Å². The fourth-order valence-electron chi connectivity index (χ4n) is 2.41. The van der Waals surface area contributed by atoms with E-state index in [0.717, 1.165) is 38.8 Å². The van der Waals surface area contributed by atoms with Crippen molar-refractivity contribution in [2.24, 2.45) is 4.99 Å². The van der Waals surface area contributed by atoms with E-state index in [9.17, 15) is 0 Å². The van der Waals surface area contributed by atoms with Gasteiger partial charge in [0.15, 0.2) is 5.96 Å². The Labute approximate surface area is 159 Å². The van der Waals surface area contributed by atoms with Crippen molar-refractivity contribution >= 4 is 41.3 Å². The molecule has 0 aliphatic carbocycles. The largest absolute Gasteiger partial charge is 0.379 e. The third kappa shape index (κ3) is 6.67. The van der Waals surface area contributed by atoms with E-state index in [0.29, 0.717) is 19.1 Å². The molecule has 0 radical (unpaired) electrons. The molecule has 0 amide bonds. The highest BCUT2D eigenvalue weighted by Crippen LogP contribution is 2.26. The van der Waals surface area contributed by atoms with Gasteiger partial charge in [-0.1, -0.05) is 12.0 Å². The van der Waals surface area contributed by atoms with Gasteiger partial charge < -0.3 is 15.4 Å². The number of aliphatic imine (C=N–C) groups is 1. The molecule has 0 bridgehead atoms. The van der Waals surface area contributed by atoms with E-state index in [-0.39, 0.29) is 24.0 Å². The fraction of sp³-hybridized carbons (Fsp3) is 0.562. The van der Waals surface area contributed by atoms with E-state index in [4.69, 9.17) is 16.2 Å². The van der Waals surface area contributed by atoms with Crippen molar-refractivity contribution in [3.05, 3.63) is 22.4 Å². The third-order valence-electron chi connectivity index (χ3n) is 3.48. The highest BCUT2D eigenvalue weighted by molar-refractivity contribution is 14.0. The number of thiophene rings is 1. The molecule has 23 heavy (non-hydrogen) atoms. The van der Waals surface area contributed by atoms with Gasteiger partial charge in [-0.25, -0.2) is 0 Å². The first-order chi connectivity index (χ1) is 10.8. The molecule has 128 valence electrons. The Balaban J connectivity index is 0.00000264. The molecular formula is C16H25IN4OS. The normalized spacial score (nSPS) is 17.0. The standard InChI is InChI=1S/C16H24N4OS.HI/c1-3-7-18-16(17-4-2)19-13-14(15-6-5-12-22-15)20-8-10-21-11-9-20;/h1,5-6,12,14H,4,7-11,13H2,2H3,(H2,17,18,19);1H. The van der Waals surface area contributed by atoms with E-state index in [1.54, 1.807) is 11.3 Å². The summed E-state index contributed by atoms with van der Waals surface area (Å²) in [5.41, 5.74) is 0. The van der Waals surface area contributed by atoms with Crippen LogP contribution in [0.15, 0.2) is 22.5 Å². The Morgan fingerprint density at radius 1 is 1.48 bits per heavy atom. The zero-order chi connectivity index (χ0) is 15.6. The first kappa shape index (κ1) is 20.2. The number of halogens is 1. The smallest absolute Gasteiger partial charge is 0.192 e. The number of hydrogen-bond acceptors (Lipinski definition) is 4. The molecule has 0 aromatic carbocycles. The van der Waals surface area contributed by atoms with Gasteiger partial charge >= 0.3 is 0 Å². The highest BCUT2D eigenvalue weighted by atomic mass is 127. The molecule has 1 unspecified atom stereocenters. The average Bonchev–Trinajstić information content (AvgIpc) is 3.08. The minimum absolute atomic E-state index is 0. The Morgan fingerprint density at radius 3 is 2.87 bits per heavy atom. The second-order valence-corrected chi connectivity index (χ2v) is 5.94. The highest BCUT2D eigenvalue weighted by Gasteiger charge is 2.23. The fourth-order valence-corrected chi connectivity index (χ4v) is 3.26. The van der Waals surface area contributed by atoms with Gasteiger partial charge in [-0.3, -0.25) is 9.89 Å². The third-order valence-corrected chi connectivity index (χ3v) is 4.46. The molecule has 0 saturated carbocycles. The molecule has 1 aromatic rings. The summed E-state index contributed by atoms with van der Waals surface area (Å²) >= 11 is 1.78. The maximum absolute atomic E-state index is 5.46. The zero-order valence-electron chi connectivity index (χ0n) is 13.5. The van der Waals surface area contributed by atoms with Gasteiger partial charge in [-0.15, -0.1) is 41.7 Å². The second-order valence-electron chi connectivity index (χ2n) is 4.96. The van der Waals surface area contributed by atoms with Crippen molar-refractivity contribution < 1.29 is 4.74 Å². The summed E-state index contributed by atoms with van der Waals surface area (Å²) in [5, 5.41) is 8.48. The summed E-state index contributed by atoms with van der Waals surface area (Å²) in [5.74, 6) is 3.35. The summed E-state index contributed by atoms with van der Waals surface area (Å²) in [6.07, 6.45) is 5.31. The lowest BCUT2D eigenvalue weighted by Crippen LogP contribution is -2.41. The average molecular weight is 448 g/mol. The van der Waals surface area contributed by atoms with Crippen molar-refractivity contribution in [1.29, 1.82) is 0 Å². The first-order valence-electron chi connectivity index (χ1n) is 7.66. The van der Waals surface area contributed by atoms with E-state index >= 15 is 0 Å². The minimum atomic E-state index is 0. The number of terminal acetylenes is 1. The summed E-state index contributed by atoms with van der Waals surface area (Å²) in [7, 11) is 0. The zero-order valence-corrected chi connectivity index (χ0v) is 16.6. The van der Waals surface area contributed by atoms with Crippen LogP contribution in [0.1, 0.15) is 17.8 Å². The van der Waals surface area contributed by atoms with Crippen LogP contribution in [0.4, 0.5) is 0 Å². The van der Waals surface area contributed by atoms with Crippen molar-refractivity contribution in [1.82, 2.24) is 15.5 Å². The van der Waals surface area contributed by atoms with Crippen molar-refractivity contribution in [2.75, 3.05) is 45.9 Å². The molecule has 1 atom stereocenters. The monoisotopic (exact) mass is 448 g/mol. The number of nitrogens with zero attached hydrogens (tertiary/aromatic N) is 2. The molecule has 7 heteroatoms. The lowest BCUT2D eigenvalue weighted by atomic mass is 10.2. The Bertz CT molecular complexity index is 495. The molecule has 1 fully saturated rings. The number of guanidine groups is 1. The SMILES string of the molecule is C#CCNC(=NCC(c1cccs1)N1CCOCC1)NCC.I. The predicted molar refractivity (Wildman–Crippen MR) is 108 cm³/mol.